The number of phenols is 1. The van der Waals surface area contributed by atoms with Crippen molar-refractivity contribution in [2.24, 2.45) is 5.10 Å². The minimum absolute atomic E-state index is 0.0970. The van der Waals surface area contributed by atoms with E-state index in [-0.39, 0.29) is 18.3 Å². The Labute approximate surface area is 143 Å². The second-order valence-electron chi connectivity index (χ2n) is 5.00. The minimum atomic E-state index is -0.375. The Bertz CT molecular complexity index is 744. The molecular weight excluding hydrogens is 360 g/mol. The van der Waals surface area contributed by atoms with Gasteiger partial charge in [0.05, 0.1) is 5.71 Å². The zero-order chi connectivity index (χ0) is 16.8. The lowest BCUT2D eigenvalue weighted by atomic mass is 10.1. The lowest BCUT2D eigenvalue weighted by Crippen LogP contribution is -2.25. The molecule has 2 aromatic rings. The highest BCUT2D eigenvalue weighted by atomic mass is 79.9. The van der Waals surface area contributed by atoms with E-state index < -0.39 is 0 Å². The molecule has 120 valence electrons. The third-order valence-corrected chi connectivity index (χ3v) is 3.55. The van der Waals surface area contributed by atoms with E-state index in [1.54, 1.807) is 31.2 Å². The summed E-state index contributed by atoms with van der Waals surface area (Å²) < 4.78 is 6.21. The van der Waals surface area contributed by atoms with Gasteiger partial charge in [-0.2, -0.15) is 5.10 Å². The lowest BCUT2D eigenvalue weighted by Gasteiger charge is -2.07. The normalized spacial score (nSPS) is 11.2. The first kappa shape index (κ1) is 17.0. The number of amides is 1. The van der Waals surface area contributed by atoms with E-state index in [4.69, 9.17) is 4.74 Å². The zero-order valence-electron chi connectivity index (χ0n) is 12.8. The summed E-state index contributed by atoms with van der Waals surface area (Å²) in [6.45, 7) is 3.51. The van der Waals surface area contributed by atoms with Crippen molar-refractivity contribution >= 4 is 27.5 Å². The number of nitrogens with one attached hydrogen (secondary N) is 1. The summed E-state index contributed by atoms with van der Waals surface area (Å²) in [7, 11) is 0. The van der Waals surface area contributed by atoms with E-state index in [2.05, 4.69) is 26.5 Å². The van der Waals surface area contributed by atoms with Crippen LogP contribution in [0.2, 0.25) is 0 Å². The monoisotopic (exact) mass is 376 g/mol. The van der Waals surface area contributed by atoms with Crippen molar-refractivity contribution in [1.82, 2.24) is 5.43 Å². The lowest BCUT2D eigenvalue weighted by molar-refractivity contribution is -0.123. The second kappa shape index (κ2) is 7.78. The molecule has 0 radical (unpaired) electrons. The molecule has 2 aromatic carbocycles. The molecule has 0 saturated carbocycles. The maximum absolute atomic E-state index is 11.8. The summed E-state index contributed by atoms with van der Waals surface area (Å²) in [6, 6.07) is 12.5. The first-order valence-electron chi connectivity index (χ1n) is 6.97. The summed E-state index contributed by atoms with van der Waals surface area (Å²) in [5.74, 6) is 0.352. The summed E-state index contributed by atoms with van der Waals surface area (Å²) in [6.07, 6.45) is 0. The number of ether oxygens (including phenoxy) is 1. The van der Waals surface area contributed by atoms with Gasteiger partial charge in [-0.15, -0.1) is 0 Å². The minimum Gasteiger partial charge on any atom is -0.507 e. The summed E-state index contributed by atoms with van der Waals surface area (Å²) in [5.41, 5.74) is 4.50. The van der Waals surface area contributed by atoms with Gasteiger partial charge >= 0.3 is 0 Å². The molecule has 23 heavy (non-hydrogen) atoms. The van der Waals surface area contributed by atoms with Gasteiger partial charge < -0.3 is 9.84 Å². The largest absolute Gasteiger partial charge is 0.507 e. The molecule has 0 unspecified atom stereocenters. The van der Waals surface area contributed by atoms with Crippen molar-refractivity contribution < 1.29 is 14.6 Å². The van der Waals surface area contributed by atoms with Crippen molar-refractivity contribution in [2.75, 3.05) is 6.61 Å². The Morgan fingerprint density at radius 3 is 2.83 bits per heavy atom. The topological polar surface area (TPSA) is 70.9 Å². The number of carbonyl (C=O) groups is 1. The number of phenolic OH excluding ortho intramolecular Hbond substituents is 1. The molecule has 0 aromatic heterocycles. The molecule has 0 atom stereocenters. The van der Waals surface area contributed by atoms with E-state index in [0.717, 1.165) is 10.0 Å². The first-order chi connectivity index (χ1) is 11.0. The second-order valence-corrected chi connectivity index (χ2v) is 5.91. The number of hydrogen-bond donors (Lipinski definition) is 2. The van der Waals surface area contributed by atoms with Crippen LogP contribution >= 0.6 is 15.9 Å². The summed E-state index contributed by atoms with van der Waals surface area (Å²) >= 11 is 3.33. The van der Waals surface area contributed by atoms with E-state index >= 15 is 0 Å². The van der Waals surface area contributed by atoms with Gasteiger partial charge in [0.15, 0.2) is 6.61 Å². The molecule has 6 heteroatoms. The molecule has 5 nitrogen and oxygen atoms in total. The molecule has 0 saturated heterocycles. The quantitative estimate of drug-likeness (QED) is 0.620. The van der Waals surface area contributed by atoms with Crippen LogP contribution in [0, 0.1) is 6.92 Å². The van der Waals surface area contributed by atoms with Crippen LogP contribution in [0.5, 0.6) is 11.5 Å². The first-order valence-corrected chi connectivity index (χ1v) is 7.76. The Balaban J connectivity index is 1.93. The number of nitrogens with zero attached hydrogens (tertiary/aromatic N) is 1. The van der Waals surface area contributed by atoms with Crippen LogP contribution in [0.4, 0.5) is 0 Å². The standard InChI is InChI=1S/C17H17BrN2O3/c1-11-4-3-5-14(8-11)23-10-17(22)20-19-12(2)15-9-13(18)6-7-16(15)21/h3-9,21H,10H2,1-2H3,(H,20,22)/b19-12+. The van der Waals surface area contributed by atoms with Crippen LogP contribution in [0.3, 0.4) is 0 Å². The van der Waals surface area contributed by atoms with Crippen LogP contribution < -0.4 is 10.2 Å². The van der Waals surface area contributed by atoms with E-state index in [9.17, 15) is 9.90 Å². The van der Waals surface area contributed by atoms with Gasteiger partial charge in [-0.05, 0) is 49.7 Å². The Hall–Kier alpha value is -2.34. The maximum atomic E-state index is 11.8. The highest BCUT2D eigenvalue weighted by Crippen LogP contribution is 2.22. The molecule has 0 fully saturated rings. The van der Waals surface area contributed by atoms with Gasteiger partial charge in [0.25, 0.3) is 5.91 Å². The van der Waals surface area contributed by atoms with Gasteiger partial charge in [-0.1, -0.05) is 28.1 Å². The van der Waals surface area contributed by atoms with Crippen LogP contribution in [-0.2, 0) is 4.79 Å². The van der Waals surface area contributed by atoms with Crippen molar-refractivity contribution in [3.05, 3.63) is 58.1 Å². The number of carbonyl (C=O) groups excluding carboxylic acids is 1. The third kappa shape index (κ3) is 5.10. The Kier molecular flexibility index (Phi) is 5.76. The molecule has 0 aliphatic carbocycles. The van der Waals surface area contributed by atoms with Gasteiger partial charge in [0, 0.05) is 10.0 Å². The fraction of sp³-hybridized carbons (Fsp3) is 0.176. The molecule has 0 aliphatic rings. The zero-order valence-corrected chi connectivity index (χ0v) is 14.4. The molecular formula is C17H17BrN2O3. The van der Waals surface area contributed by atoms with Crippen LogP contribution in [-0.4, -0.2) is 23.3 Å². The van der Waals surface area contributed by atoms with E-state index in [0.29, 0.717) is 17.0 Å². The van der Waals surface area contributed by atoms with E-state index in [1.807, 2.05) is 25.1 Å². The number of halogens is 1. The van der Waals surface area contributed by atoms with Crippen LogP contribution in [0.1, 0.15) is 18.1 Å². The predicted molar refractivity (Wildman–Crippen MR) is 92.8 cm³/mol. The van der Waals surface area contributed by atoms with Gasteiger partial charge in [0.2, 0.25) is 0 Å². The predicted octanol–water partition coefficient (Wildman–Crippen LogP) is 3.38. The highest BCUT2D eigenvalue weighted by Gasteiger charge is 2.07. The molecule has 2 rings (SSSR count). The fourth-order valence-electron chi connectivity index (χ4n) is 1.89. The maximum Gasteiger partial charge on any atom is 0.277 e. The number of rotatable bonds is 5. The third-order valence-electron chi connectivity index (χ3n) is 3.06. The number of aromatic hydroxyl groups is 1. The molecule has 2 N–H and O–H groups in total. The van der Waals surface area contributed by atoms with E-state index in [1.165, 1.54) is 0 Å². The highest BCUT2D eigenvalue weighted by molar-refractivity contribution is 9.10. The van der Waals surface area contributed by atoms with Gasteiger partial charge in [-0.3, -0.25) is 4.79 Å². The van der Waals surface area contributed by atoms with Crippen molar-refractivity contribution in [1.29, 1.82) is 0 Å². The molecule has 0 bridgehead atoms. The number of hydrazone groups is 1. The molecule has 0 heterocycles. The fourth-order valence-corrected chi connectivity index (χ4v) is 2.25. The number of benzene rings is 2. The average molecular weight is 377 g/mol. The summed E-state index contributed by atoms with van der Waals surface area (Å²) in [4.78, 5) is 11.8. The number of aryl methyl sites for hydroxylation is 1. The van der Waals surface area contributed by atoms with Gasteiger partial charge in [0.1, 0.15) is 11.5 Å². The molecule has 0 spiro atoms. The van der Waals surface area contributed by atoms with Crippen molar-refractivity contribution in [2.45, 2.75) is 13.8 Å². The smallest absolute Gasteiger partial charge is 0.277 e. The van der Waals surface area contributed by atoms with Crippen molar-refractivity contribution in [3.8, 4) is 11.5 Å². The van der Waals surface area contributed by atoms with Crippen LogP contribution in [0.15, 0.2) is 52.0 Å². The SMILES string of the molecule is C/C(=N\NC(=O)COc1cccc(C)c1)c1cc(Br)ccc1O. The Morgan fingerprint density at radius 1 is 1.30 bits per heavy atom. The molecule has 0 aliphatic heterocycles. The van der Waals surface area contributed by atoms with Crippen LogP contribution in [0.25, 0.3) is 0 Å². The number of hydrogen-bond acceptors (Lipinski definition) is 4. The van der Waals surface area contributed by atoms with Crippen molar-refractivity contribution in [3.63, 3.8) is 0 Å². The van der Waals surface area contributed by atoms with Gasteiger partial charge in [-0.25, -0.2) is 5.43 Å². The molecule has 1 amide bonds. The Morgan fingerprint density at radius 2 is 2.09 bits per heavy atom. The average Bonchev–Trinajstić information content (AvgIpc) is 2.53. The summed E-state index contributed by atoms with van der Waals surface area (Å²) in [5, 5.41) is 13.8.